The van der Waals surface area contributed by atoms with Crippen LogP contribution in [0.15, 0.2) is 29.2 Å². The van der Waals surface area contributed by atoms with Crippen LogP contribution >= 0.6 is 0 Å². The normalized spacial score (nSPS) is 20.8. The SMILES string of the molecule is CCCCCC(=O)N1C[C@H](OS(=O)(=O)c2ccc(C)cc2)C[C@H]1CO. The molecule has 0 bridgehead atoms. The van der Waals surface area contributed by atoms with Gasteiger partial charge in [0.05, 0.1) is 23.6 Å². The molecule has 2 atom stereocenters. The maximum Gasteiger partial charge on any atom is 0.297 e. The van der Waals surface area contributed by atoms with Crippen molar-refractivity contribution < 1.29 is 22.5 Å². The molecule has 25 heavy (non-hydrogen) atoms. The van der Waals surface area contributed by atoms with Crippen molar-refractivity contribution in [2.75, 3.05) is 13.2 Å². The number of hydrogen-bond acceptors (Lipinski definition) is 5. The molecule has 1 aliphatic rings. The monoisotopic (exact) mass is 369 g/mol. The van der Waals surface area contributed by atoms with Crippen molar-refractivity contribution in [2.45, 2.75) is 63.0 Å². The van der Waals surface area contributed by atoms with Gasteiger partial charge in [-0.05, 0) is 31.9 Å². The number of benzene rings is 1. The number of aliphatic hydroxyl groups is 1. The van der Waals surface area contributed by atoms with E-state index in [2.05, 4.69) is 6.92 Å². The van der Waals surface area contributed by atoms with E-state index in [0.717, 1.165) is 24.8 Å². The molecule has 140 valence electrons. The molecule has 1 aliphatic heterocycles. The van der Waals surface area contributed by atoms with Gasteiger partial charge in [0, 0.05) is 13.0 Å². The standard InChI is InChI=1S/C18H27NO5S/c1-3-4-5-6-18(21)19-12-16(11-15(19)13-20)24-25(22,23)17-9-7-14(2)8-10-17/h7-10,15-16,20H,3-6,11-13H2,1-2H3/t15-,16+/m0/s1. The maximum absolute atomic E-state index is 12.4. The maximum atomic E-state index is 12.4. The third kappa shape index (κ3) is 5.26. The lowest BCUT2D eigenvalue weighted by Crippen LogP contribution is -2.38. The molecule has 1 aromatic rings. The third-order valence-electron chi connectivity index (χ3n) is 4.47. The number of amides is 1. The van der Waals surface area contributed by atoms with Crippen molar-refractivity contribution in [3.8, 4) is 0 Å². The number of carbonyl (C=O) groups is 1. The van der Waals surface area contributed by atoms with Crippen LogP contribution in [0, 0.1) is 6.92 Å². The fourth-order valence-electron chi connectivity index (χ4n) is 3.03. The first-order valence-electron chi connectivity index (χ1n) is 8.77. The largest absolute Gasteiger partial charge is 0.394 e. The van der Waals surface area contributed by atoms with Gasteiger partial charge in [0.1, 0.15) is 0 Å². The molecule has 0 radical (unpaired) electrons. The van der Waals surface area contributed by atoms with E-state index in [1.165, 1.54) is 12.1 Å². The predicted octanol–water partition coefficient (Wildman–Crippen LogP) is 2.24. The zero-order chi connectivity index (χ0) is 18.4. The topological polar surface area (TPSA) is 83.9 Å². The van der Waals surface area contributed by atoms with E-state index in [4.69, 9.17) is 4.18 Å². The molecule has 6 nitrogen and oxygen atoms in total. The second-order valence-electron chi connectivity index (χ2n) is 6.56. The van der Waals surface area contributed by atoms with E-state index in [0.29, 0.717) is 12.8 Å². The molecule has 7 heteroatoms. The Balaban J connectivity index is 2.01. The minimum Gasteiger partial charge on any atom is -0.394 e. The average Bonchev–Trinajstić information content (AvgIpc) is 2.97. The number of likely N-dealkylation sites (tertiary alicyclic amines) is 1. The van der Waals surface area contributed by atoms with Gasteiger partial charge in [-0.2, -0.15) is 8.42 Å². The van der Waals surface area contributed by atoms with Crippen LogP contribution in [0.4, 0.5) is 0 Å². The second kappa shape index (κ2) is 8.78. The van der Waals surface area contributed by atoms with Crippen LogP contribution in [0.2, 0.25) is 0 Å². The van der Waals surface area contributed by atoms with Crippen molar-refractivity contribution in [2.24, 2.45) is 0 Å². The van der Waals surface area contributed by atoms with Gasteiger partial charge in [0.2, 0.25) is 5.91 Å². The first kappa shape index (κ1) is 19.9. The minimum atomic E-state index is -3.88. The Morgan fingerprint density at radius 2 is 1.96 bits per heavy atom. The number of carbonyl (C=O) groups excluding carboxylic acids is 1. The molecule has 0 saturated carbocycles. The minimum absolute atomic E-state index is 0.0497. The smallest absolute Gasteiger partial charge is 0.297 e. The van der Waals surface area contributed by atoms with Crippen LogP contribution < -0.4 is 0 Å². The van der Waals surface area contributed by atoms with Crippen LogP contribution in [-0.2, 0) is 19.1 Å². The molecule has 2 rings (SSSR count). The molecule has 0 unspecified atom stereocenters. The van der Waals surface area contributed by atoms with Gasteiger partial charge in [0.15, 0.2) is 0 Å². The summed E-state index contributed by atoms with van der Waals surface area (Å²) in [6.07, 6.45) is 2.92. The highest BCUT2D eigenvalue weighted by Crippen LogP contribution is 2.25. The average molecular weight is 369 g/mol. The van der Waals surface area contributed by atoms with Gasteiger partial charge in [-0.25, -0.2) is 0 Å². The summed E-state index contributed by atoms with van der Waals surface area (Å²) in [4.78, 5) is 14.0. The Hall–Kier alpha value is -1.44. The highest BCUT2D eigenvalue weighted by atomic mass is 32.2. The van der Waals surface area contributed by atoms with Crippen molar-refractivity contribution >= 4 is 16.0 Å². The third-order valence-corrected chi connectivity index (χ3v) is 5.85. The zero-order valence-corrected chi connectivity index (χ0v) is 15.7. The van der Waals surface area contributed by atoms with Crippen LogP contribution in [0.3, 0.4) is 0 Å². The van der Waals surface area contributed by atoms with Crippen LogP contribution in [0.1, 0.15) is 44.6 Å². The summed E-state index contributed by atoms with van der Waals surface area (Å²) in [5.41, 5.74) is 0.962. The molecule has 1 heterocycles. The highest BCUT2D eigenvalue weighted by Gasteiger charge is 2.37. The Labute approximate surface area is 149 Å². The van der Waals surface area contributed by atoms with Crippen molar-refractivity contribution in [1.82, 2.24) is 4.90 Å². The molecule has 0 aromatic heterocycles. The summed E-state index contributed by atoms with van der Waals surface area (Å²) in [6.45, 7) is 3.95. The van der Waals surface area contributed by atoms with Crippen molar-refractivity contribution in [3.63, 3.8) is 0 Å². The number of aryl methyl sites for hydroxylation is 1. The summed E-state index contributed by atoms with van der Waals surface area (Å²) in [7, 11) is -3.88. The number of hydrogen-bond donors (Lipinski definition) is 1. The fraction of sp³-hybridized carbons (Fsp3) is 0.611. The molecule has 1 N–H and O–H groups in total. The molecule has 1 fully saturated rings. The van der Waals surface area contributed by atoms with Gasteiger partial charge < -0.3 is 10.0 Å². The molecule has 1 amide bonds. The van der Waals surface area contributed by atoms with E-state index >= 15 is 0 Å². The Morgan fingerprint density at radius 3 is 2.56 bits per heavy atom. The summed E-state index contributed by atoms with van der Waals surface area (Å²) in [6, 6.07) is 6.07. The number of rotatable bonds is 8. The van der Waals surface area contributed by atoms with E-state index in [1.54, 1.807) is 17.0 Å². The number of unbranched alkanes of at least 4 members (excludes halogenated alkanes) is 2. The van der Waals surface area contributed by atoms with Crippen molar-refractivity contribution in [1.29, 1.82) is 0 Å². The van der Waals surface area contributed by atoms with E-state index in [1.807, 2.05) is 6.92 Å². The highest BCUT2D eigenvalue weighted by molar-refractivity contribution is 7.86. The Bertz CT molecular complexity index is 671. The predicted molar refractivity (Wildman–Crippen MR) is 94.6 cm³/mol. The molecular formula is C18H27NO5S. The second-order valence-corrected chi connectivity index (χ2v) is 8.13. The van der Waals surface area contributed by atoms with Gasteiger partial charge in [-0.15, -0.1) is 0 Å². The van der Waals surface area contributed by atoms with Crippen LogP contribution in [-0.4, -0.2) is 49.6 Å². The summed E-state index contributed by atoms with van der Waals surface area (Å²) in [5.74, 6) is -0.0497. The quantitative estimate of drug-likeness (QED) is 0.561. The molecule has 1 saturated heterocycles. The van der Waals surface area contributed by atoms with E-state index < -0.39 is 16.2 Å². The lowest BCUT2D eigenvalue weighted by Gasteiger charge is -2.22. The summed E-state index contributed by atoms with van der Waals surface area (Å²) >= 11 is 0. The number of nitrogens with zero attached hydrogens (tertiary/aromatic N) is 1. The molecule has 1 aromatic carbocycles. The fourth-order valence-corrected chi connectivity index (χ4v) is 4.11. The van der Waals surface area contributed by atoms with E-state index in [-0.39, 0.29) is 30.0 Å². The number of aliphatic hydroxyl groups excluding tert-OH is 1. The van der Waals surface area contributed by atoms with Gasteiger partial charge in [-0.3, -0.25) is 8.98 Å². The Kier molecular flexibility index (Phi) is 6.98. The molecular weight excluding hydrogens is 342 g/mol. The summed E-state index contributed by atoms with van der Waals surface area (Å²) in [5, 5.41) is 9.52. The van der Waals surface area contributed by atoms with Gasteiger partial charge in [-0.1, -0.05) is 37.5 Å². The lowest BCUT2D eigenvalue weighted by molar-refractivity contribution is -0.133. The molecule has 0 spiro atoms. The van der Waals surface area contributed by atoms with Crippen LogP contribution in [0.25, 0.3) is 0 Å². The lowest BCUT2D eigenvalue weighted by atomic mass is 10.1. The first-order chi connectivity index (χ1) is 11.9. The Morgan fingerprint density at radius 1 is 1.28 bits per heavy atom. The van der Waals surface area contributed by atoms with Crippen LogP contribution in [0.5, 0.6) is 0 Å². The summed E-state index contributed by atoms with van der Waals surface area (Å²) < 4.78 is 30.1. The van der Waals surface area contributed by atoms with E-state index in [9.17, 15) is 18.3 Å². The first-order valence-corrected chi connectivity index (χ1v) is 10.2. The van der Waals surface area contributed by atoms with Gasteiger partial charge in [0.25, 0.3) is 10.1 Å². The molecule has 0 aliphatic carbocycles. The zero-order valence-electron chi connectivity index (χ0n) is 14.8. The van der Waals surface area contributed by atoms with Gasteiger partial charge >= 0.3 is 0 Å². The van der Waals surface area contributed by atoms with Crippen molar-refractivity contribution in [3.05, 3.63) is 29.8 Å².